The van der Waals surface area contributed by atoms with E-state index in [0.29, 0.717) is 0 Å². The highest BCUT2D eigenvalue weighted by atomic mass is 35.5. The van der Waals surface area contributed by atoms with Gasteiger partial charge in [-0.3, -0.25) is 0 Å². The fraction of sp³-hybridized carbons (Fsp3) is 1.00. The van der Waals surface area contributed by atoms with Gasteiger partial charge in [0.25, 0.3) is 0 Å². The summed E-state index contributed by atoms with van der Waals surface area (Å²) in [6.45, 7) is 7.16. The van der Waals surface area contributed by atoms with Crippen molar-refractivity contribution >= 4 is 19.7 Å². The van der Waals surface area contributed by atoms with E-state index in [1.54, 1.807) is 0 Å². The summed E-state index contributed by atoms with van der Waals surface area (Å²) in [5, 5.41) is 0. The van der Waals surface area contributed by atoms with Crippen molar-refractivity contribution < 1.29 is 0 Å². The third kappa shape index (κ3) is 5.21. The Morgan fingerprint density at radius 1 is 1.00 bits per heavy atom. The minimum Gasteiger partial charge on any atom is -0.127 e. The lowest BCUT2D eigenvalue weighted by Crippen LogP contribution is -2.29. The van der Waals surface area contributed by atoms with Gasteiger partial charge in [-0.15, -0.1) is 11.6 Å². The molecular formula is C10H23ClSi. The highest BCUT2D eigenvalue weighted by Crippen LogP contribution is 2.25. The molecule has 0 bridgehead atoms. The molecule has 0 aromatic rings. The molecule has 0 radical (unpaired) electrons. The number of hydrogen-bond donors (Lipinski definition) is 0. The second-order valence-corrected chi connectivity index (χ2v) is 9.60. The predicted octanol–water partition coefficient (Wildman–Crippen LogP) is 4.51. The quantitative estimate of drug-likeness (QED) is 0.425. The molecular weight excluding hydrogens is 184 g/mol. The van der Waals surface area contributed by atoms with Gasteiger partial charge in [0.15, 0.2) is 0 Å². The molecule has 0 N–H and O–H groups in total. The van der Waals surface area contributed by atoms with E-state index in [0.717, 1.165) is 5.88 Å². The SMILES string of the molecule is CCC[Si](C)(CCC)CCCCl. The van der Waals surface area contributed by atoms with E-state index in [-0.39, 0.29) is 0 Å². The third-order valence-electron chi connectivity index (χ3n) is 2.62. The lowest BCUT2D eigenvalue weighted by molar-refractivity contribution is 0.930. The van der Waals surface area contributed by atoms with Gasteiger partial charge in [0.2, 0.25) is 0 Å². The zero-order valence-corrected chi connectivity index (χ0v) is 10.6. The summed E-state index contributed by atoms with van der Waals surface area (Å²) in [5.41, 5.74) is 0. The first-order chi connectivity index (χ1) is 5.68. The molecule has 0 fully saturated rings. The monoisotopic (exact) mass is 206 g/mol. The zero-order valence-electron chi connectivity index (χ0n) is 8.83. The fourth-order valence-electron chi connectivity index (χ4n) is 2.08. The third-order valence-corrected chi connectivity index (χ3v) is 7.86. The van der Waals surface area contributed by atoms with Gasteiger partial charge in [-0.2, -0.15) is 0 Å². The molecule has 0 nitrogen and oxygen atoms in total. The van der Waals surface area contributed by atoms with Crippen LogP contribution < -0.4 is 0 Å². The maximum atomic E-state index is 5.73. The Labute approximate surface area is 83.7 Å². The fourth-order valence-corrected chi connectivity index (χ4v) is 6.63. The van der Waals surface area contributed by atoms with Crippen LogP contribution in [-0.2, 0) is 0 Å². The Bertz CT molecular complexity index is 98.0. The topological polar surface area (TPSA) is 0 Å². The zero-order chi connectivity index (χ0) is 9.45. The highest BCUT2D eigenvalue weighted by Gasteiger charge is 2.23. The summed E-state index contributed by atoms with van der Waals surface area (Å²) in [6.07, 6.45) is 3.97. The summed E-state index contributed by atoms with van der Waals surface area (Å²) >= 11 is 5.73. The lowest BCUT2D eigenvalue weighted by atomic mass is 10.5. The van der Waals surface area contributed by atoms with Gasteiger partial charge in [-0.1, -0.05) is 51.4 Å². The molecule has 0 aromatic carbocycles. The van der Waals surface area contributed by atoms with Gasteiger partial charge >= 0.3 is 0 Å². The second kappa shape index (κ2) is 6.96. The maximum absolute atomic E-state index is 5.73. The van der Waals surface area contributed by atoms with Crippen molar-refractivity contribution in [3.8, 4) is 0 Å². The average molecular weight is 207 g/mol. The first kappa shape index (κ1) is 12.5. The minimum absolute atomic E-state index is 0.855. The Kier molecular flexibility index (Phi) is 7.26. The number of halogens is 1. The Morgan fingerprint density at radius 2 is 1.50 bits per heavy atom. The van der Waals surface area contributed by atoms with Crippen molar-refractivity contribution in [2.24, 2.45) is 0 Å². The van der Waals surface area contributed by atoms with Crippen molar-refractivity contribution in [1.29, 1.82) is 0 Å². The molecule has 0 heterocycles. The van der Waals surface area contributed by atoms with Crippen LogP contribution in [-0.4, -0.2) is 14.0 Å². The number of rotatable bonds is 7. The smallest absolute Gasteiger partial charge is 0.0505 e. The standard InChI is InChI=1S/C10H23ClSi/c1-4-8-12(3,9-5-2)10-6-7-11/h4-10H2,1-3H3. The summed E-state index contributed by atoms with van der Waals surface area (Å²) in [5.74, 6) is 0.857. The van der Waals surface area contributed by atoms with Gasteiger partial charge in [0.1, 0.15) is 0 Å². The Morgan fingerprint density at radius 3 is 1.83 bits per heavy atom. The normalized spacial score (nSPS) is 12.0. The first-order valence-corrected chi connectivity index (χ1v) is 8.90. The first-order valence-electron chi connectivity index (χ1n) is 5.24. The van der Waals surface area contributed by atoms with Crippen LogP contribution in [0, 0.1) is 0 Å². The van der Waals surface area contributed by atoms with E-state index in [2.05, 4.69) is 20.4 Å². The molecule has 0 atom stereocenters. The summed E-state index contributed by atoms with van der Waals surface area (Å²) < 4.78 is 0. The van der Waals surface area contributed by atoms with Crippen LogP contribution in [0.4, 0.5) is 0 Å². The van der Waals surface area contributed by atoms with Gasteiger partial charge in [-0.05, 0) is 6.42 Å². The molecule has 12 heavy (non-hydrogen) atoms. The highest BCUT2D eigenvalue weighted by molar-refractivity contribution is 6.78. The van der Waals surface area contributed by atoms with E-state index in [1.165, 1.54) is 37.4 Å². The van der Waals surface area contributed by atoms with Crippen molar-refractivity contribution in [3.05, 3.63) is 0 Å². The van der Waals surface area contributed by atoms with E-state index >= 15 is 0 Å². The second-order valence-electron chi connectivity index (χ2n) is 4.10. The van der Waals surface area contributed by atoms with Gasteiger partial charge in [0.05, 0.1) is 8.07 Å². The van der Waals surface area contributed by atoms with Crippen LogP contribution in [0.2, 0.25) is 24.7 Å². The molecule has 0 aliphatic heterocycles. The summed E-state index contributed by atoms with van der Waals surface area (Å²) in [6, 6.07) is 4.44. The van der Waals surface area contributed by atoms with Crippen molar-refractivity contribution in [2.45, 2.75) is 57.8 Å². The van der Waals surface area contributed by atoms with E-state index in [1.807, 2.05) is 0 Å². The van der Waals surface area contributed by atoms with Gasteiger partial charge < -0.3 is 0 Å². The van der Waals surface area contributed by atoms with Crippen LogP contribution in [0.1, 0.15) is 33.1 Å². The Hall–Kier alpha value is 0.507. The maximum Gasteiger partial charge on any atom is 0.0505 e. The molecule has 0 aliphatic carbocycles. The molecule has 0 unspecified atom stereocenters. The van der Waals surface area contributed by atoms with Crippen LogP contribution in [0.25, 0.3) is 0 Å². The molecule has 0 rings (SSSR count). The molecule has 0 saturated heterocycles. The summed E-state index contributed by atoms with van der Waals surface area (Å²) in [4.78, 5) is 0. The van der Waals surface area contributed by atoms with Crippen LogP contribution >= 0.6 is 11.6 Å². The molecule has 0 saturated carbocycles. The molecule has 0 aliphatic rings. The Balaban J connectivity index is 3.80. The largest absolute Gasteiger partial charge is 0.127 e. The van der Waals surface area contributed by atoms with Gasteiger partial charge in [-0.25, -0.2) is 0 Å². The minimum atomic E-state index is -0.855. The van der Waals surface area contributed by atoms with Gasteiger partial charge in [0, 0.05) is 5.88 Å². The average Bonchev–Trinajstić information content (AvgIpc) is 2.02. The predicted molar refractivity (Wildman–Crippen MR) is 62.0 cm³/mol. The van der Waals surface area contributed by atoms with Crippen molar-refractivity contribution in [2.75, 3.05) is 5.88 Å². The van der Waals surface area contributed by atoms with E-state index in [9.17, 15) is 0 Å². The molecule has 0 amide bonds. The molecule has 74 valence electrons. The van der Waals surface area contributed by atoms with E-state index < -0.39 is 8.07 Å². The van der Waals surface area contributed by atoms with Crippen LogP contribution in [0.15, 0.2) is 0 Å². The molecule has 0 aromatic heterocycles. The van der Waals surface area contributed by atoms with Crippen LogP contribution in [0.3, 0.4) is 0 Å². The van der Waals surface area contributed by atoms with Crippen molar-refractivity contribution in [3.63, 3.8) is 0 Å². The van der Waals surface area contributed by atoms with Crippen molar-refractivity contribution in [1.82, 2.24) is 0 Å². The number of hydrogen-bond acceptors (Lipinski definition) is 0. The van der Waals surface area contributed by atoms with E-state index in [4.69, 9.17) is 11.6 Å². The molecule has 0 spiro atoms. The lowest BCUT2D eigenvalue weighted by Gasteiger charge is -2.26. The number of alkyl halides is 1. The summed E-state index contributed by atoms with van der Waals surface area (Å²) in [7, 11) is -0.855. The molecule has 2 heteroatoms. The van der Waals surface area contributed by atoms with Crippen LogP contribution in [0.5, 0.6) is 0 Å².